The molecule has 0 aliphatic heterocycles. The van der Waals surface area contributed by atoms with Gasteiger partial charge in [-0.1, -0.05) is 19.9 Å². The van der Waals surface area contributed by atoms with Crippen LogP contribution in [0.4, 0.5) is 10.2 Å². The molecule has 104 valence electrons. The van der Waals surface area contributed by atoms with Gasteiger partial charge < -0.3 is 10.1 Å². The third kappa shape index (κ3) is 3.78. The Morgan fingerprint density at radius 2 is 2.05 bits per heavy atom. The number of anilines is 1. The van der Waals surface area contributed by atoms with E-state index in [1.807, 2.05) is 0 Å². The van der Waals surface area contributed by atoms with E-state index < -0.39 is 0 Å². The number of nitrogens with zero attached hydrogens (tertiary/aromatic N) is 1. The molecule has 2 rings (SSSR count). The van der Waals surface area contributed by atoms with Crippen LogP contribution < -0.4 is 10.1 Å². The lowest BCUT2D eigenvalue weighted by Gasteiger charge is -2.08. The molecule has 0 atom stereocenters. The lowest BCUT2D eigenvalue weighted by molar-refractivity contribution is -0.118. The fraction of sp³-hybridized carbons (Fsp3) is 0.200. The topological polar surface area (TPSA) is 51.2 Å². The third-order valence-corrected chi connectivity index (χ3v) is 2.54. The number of amides is 1. The first-order chi connectivity index (χ1) is 9.54. The third-order valence-electron chi connectivity index (χ3n) is 2.54. The lowest BCUT2D eigenvalue weighted by Crippen LogP contribution is -2.18. The predicted molar refractivity (Wildman–Crippen MR) is 74.2 cm³/mol. The number of aromatic nitrogens is 1. The molecule has 5 heteroatoms. The Hall–Kier alpha value is -2.43. The fourth-order valence-corrected chi connectivity index (χ4v) is 1.45. The number of carbonyl (C=O) groups is 1. The SMILES string of the molecule is CC(C)C(=O)Nc1ccc(Oc2cccc(F)c2)cn1. The van der Waals surface area contributed by atoms with E-state index in [2.05, 4.69) is 10.3 Å². The molecule has 1 aromatic carbocycles. The van der Waals surface area contributed by atoms with Gasteiger partial charge in [0.05, 0.1) is 6.20 Å². The number of benzene rings is 1. The largest absolute Gasteiger partial charge is 0.456 e. The number of halogens is 1. The average Bonchev–Trinajstić information content (AvgIpc) is 2.41. The summed E-state index contributed by atoms with van der Waals surface area (Å²) in [4.78, 5) is 15.6. The zero-order valence-electron chi connectivity index (χ0n) is 11.3. The van der Waals surface area contributed by atoms with Gasteiger partial charge in [0.2, 0.25) is 5.91 Å². The molecule has 0 unspecified atom stereocenters. The van der Waals surface area contributed by atoms with Crippen molar-refractivity contribution in [3.8, 4) is 11.5 Å². The first kappa shape index (κ1) is 14.0. The Balaban J connectivity index is 2.03. The Morgan fingerprint density at radius 3 is 2.65 bits per heavy atom. The zero-order valence-corrected chi connectivity index (χ0v) is 11.3. The van der Waals surface area contributed by atoms with Crippen LogP contribution in [0.1, 0.15) is 13.8 Å². The molecular formula is C15H15FN2O2. The van der Waals surface area contributed by atoms with Crippen LogP contribution in [0.3, 0.4) is 0 Å². The first-order valence-corrected chi connectivity index (χ1v) is 6.25. The highest BCUT2D eigenvalue weighted by molar-refractivity contribution is 5.91. The molecule has 4 nitrogen and oxygen atoms in total. The summed E-state index contributed by atoms with van der Waals surface area (Å²) in [5, 5.41) is 2.68. The normalized spacial score (nSPS) is 10.4. The van der Waals surface area contributed by atoms with E-state index in [0.29, 0.717) is 17.3 Å². The minimum Gasteiger partial charge on any atom is -0.456 e. The second-order valence-electron chi connectivity index (χ2n) is 4.58. The molecule has 1 aromatic heterocycles. The fourth-order valence-electron chi connectivity index (χ4n) is 1.45. The maximum atomic E-state index is 13.0. The maximum Gasteiger partial charge on any atom is 0.228 e. The second-order valence-corrected chi connectivity index (χ2v) is 4.58. The molecule has 0 aliphatic carbocycles. The van der Waals surface area contributed by atoms with E-state index in [0.717, 1.165) is 0 Å². The smallest absolute Gasteiger partial charge is 0.228 e. The van der Waals surface area contributed by atoms with Crippen molar-refractivity contribution in [2.24, 2.45) is 5.92 Å². The summed E-state index contributed by atoms with van der Waals surface area (Å²) in [7, 11) is 0. The number of pyridine rings is 1. The number of rotatable bonds is 4. The van der Waals surface area contributed by atoms with E-state index in [1.54, 1.807) is 38.1 Å². The molecule has 0 fully saturated rings. The van der Waals surface area contributed by atoms with Gasteiger partial charge >= 0.3 is 0 Å². The van der Waals surface area contributed by atoms with Gasteiger partial charge in [-0.3, -0.25) is 4.79 Å². The summed E-state index contributed by atoms with van der Waals surface area (Å²) >= 11 is 0. The molecule has 1 heterocycles. The van der Waals surface area contributed by atoms with Crippen LogP contribution in [0.15, 0.2) is 42.6 Å². The number of hydrogen-bond acceptors (Lipinski definition) is 3. The van der Waals surface area contributed by atoms with Crippen molar-refractivity contribution in [1.29, 1.82) is 0 Å². The minimum absolute atomic E-state index is 0.101. The van der Waals surface area contributed by atoms with Crippen molar-refractivity contribution in [3.63, 3.8) is 0 Å². The first-order valence-electron chi connectivity index (χ1n) is 6.25. The highest BCUT2D eigenvalue weighted by Gasteiger charge is 2.07. The van der Waals surface area contributed by atoms with Crippen molar-refractivity contribution in [2.45, 2.75) is 13.8 Å². The summed E-state index contributed by atoms with van der Waals surface area (Å²) in [5.74, 6) is 0.742. The Kier molecular flexibility index (Phi) is 4.30. The van der Waals surface area contributed by atoms with Crippen LogP contribution in [-0.2, 0) is 4.79 Å². The summed E-state index contributed by atoms with van der Waals surface area (Å²) in [5.41, 5.74) is 0. The molecular weight excluding hydrogens is 259 g/mol. The van der Waals surface area contributed by atoms with Crippen LogP contribution in [0.25, 0.3) is 0 Å². The van der Waals surface area contributed by atoms with Crippen molar-refractivity contribution < 1.29 is 13.9 Å². The van der Waals surface area contributed by atoms with Crippen LogP contribution in [0, 0.1) is 11.7 Å². The summed E-state index contributed by atoms with van der Waals surface area (Å²) < 4.78 is 18.5. The van der Waals surface area contributed by atoms with Crippen molar-refractivity contribution in [3.05, 3.63) is 48.4 Å². The maximum absolute atomic E-state index is 13.0. The van der Waals surface area contributed by atoms with Gasteiger partial charge in [-0.25, -0.2) is 9.37 Å². The predicted octanol–water partition coefficient (Wildman–Crippen LogP) is 3.61. The molecule has 0 aliphatic rings. The van der Waals surface area contributed by atoms with Gasteiger partial charge in [-0.05, 0) is 24.3 Å². The van der Waals surface area contributed by atoms with Gasteiger partial charge in [0.1, 0.15) is 23.1 Å². The second kappa shape index (κ2) is 6.14. The number of nitrogens with one attached hydrogen (secondary N) is 1. The highest BCUT2D eigenvalue weighted by Crippen LogP contribution is 2.22. The molecule has 0 spiro atoms. The van der Waals surface area contributed by atoms with Gasteiger partial charge in [0.25, 0.3) is 0 Å². The van der Waals surface area contributed by atoms with Gasteiger partial charge in [-0.2, -0.15) is 0 Å². The molecule has 2 aromatic rings. The molecule has 0 radical (unpaired) electrons. The Morgan fingerprint density at radius 1 is 1.25 bits per heavy atom. The van der Waals surface area contributed by atoms with E-state index in [1.165, 1.54) is 18.3 Å². The van der Waals surface area contributed by atoms with Gasteiger partial charge in [0, 0.05) is 12.0 Å². The Bertz CT molecular complexity index is 597. The van der Waals surface area contributed by atoms with E-state index >= 15 is 0 Å². The van der Waals surface area contributed by atoms with Crippen LogP contribution in [0.5, 0.6) is 11.5 Å². The quantitative estimate of drug-likeness (QED) is 0.926. The van der Waals surface area contributed by atoms with Crippen LogP contribution in [0.2, 0.25) is 0 Å². The Labute approximate surface area is 116 Å². The van der Waals surface area contributed by atoms with E-state index in [-0.39, 0.29) is 17.6 Å². The monoisotopic (exact) mass is 274 g/mol. The van der Waals surface area contributed by atoms with E-state index in [4.69, 9.17) is 4.74 Å². The van der Waals surface area contributed by atoms with Crippen LogP contribution >= 0.6 is 0 Å². The molecule has 20 heavy (non-hydrogen) atoms. The van der Waals surface area contributed by atoms with Gasteiger partial charge in [-0.15, -0.1) is 0 Å². The zero-order chi connectivity index (χ0) is 14.5. The summed E-state index contributed by atoms with van der Waals surface area (Å²) in [6, 6.07) is 9.14. The minimum atomic E-state index is -0.365. The van der Waals surface area contributed by atoms with Crippen molar-refractivity contribution >= 4 is 11.7 Å². The van der Waals surface area contributed by atoms with Crippen LogP contribution in [-0.4, -0.2) is 10.9 Å². The van der Waals surface area contributed by atoms with E-state index in [9.17, 15) is 9.18 Å². The average molecular weight is 274 g/mol. The molecule has 0 saturated carbocycles. The molecule has 1 amide bonds. The van der Waals surface area contributed by atoms with Crippen molar-refractivity contribution in [1.82, 2.24) is 4.98 Å². The number of ether oxygens (including phenoxy) is 1. The summed E-state index contributed by atoms with van der Waals surface area (Å²) in [6.07, 6.45) is 1.47. The van der Waals surface area contributed by atoms with Gasteiger partial charge in [0.15, 0.2) is 0 Å². The number of hydrogen-bond donors (Lipinski definition) is 1. The standard InChI is InChI=1S/C15H15FN2O2/c1-10(2)15(19)18-14-7-6-13(9-17-14)20-12-5-3-4-11(16)8-12/h3-10H,1-2H3,(H,17,18,19). The summed E-state index contributed by atoms with van der Waals surface area (Å²) in [6.45, 7) is 3.60. The highest BCUT2D eigenvalue weighted by atomic mass is 19.1. The number of carbonyl (C=O) groups excluding carboxylic acids is 1. The molecule has 0 saturated heterocycles. The molecule has 0 bridgehead atoms. The van der Waals surface area contributed by atoms with Crippen molar-refractivity contribution in [2.75, 3.05) is 5.32 Å². The molecule has 1 N–H and O–H groups in total. The lowest BCUT2D eigenvalue weighted by atomic mass is 10.2.